The molecule has 0 amide bonds. The highest BCUT2D eigenvalue weighted by Gasteiger charge is 2.24. The maximum atomic E-state index is 13.3. The van der Waals surface area contributed by atoms with Gasteiger partial charge in [-0.25, -0.2) is 13.6 Å². The van der Waals surface area contributed by atoms with Crippen LogP contribution in [0.4, 0.5) is 8.78 Å². The van der Waals surface area contributed by atoms with Crippen LogP contribution in [0.25, 0.3) is 44.4 Å². The highest BCUT2D eigenvalue weighted by atomic mass is 35.5. The number of hydrogen-bond donors (Lipinski definition) is 0. The monoisotopic (exact) mass is 621 g/mol. The third-order valence-corrected chi connectivity index (χ3v) is 8.57. The van der Waals surface area contributed by atoms with Gasteiger partial charge in [0.2, 0.25) is 0 Å². The molecule has 0 bridgehead atoms. The van der Waals surface area contributed by atoms with Crippen molar-refractivity contribution >= 4 is 40.4 Å². The number of alkyl halides is 2. The van der Waals surface area contributed by atoms with Crippen molar-refractivity contribution in [2.75, 3.05) is 7.11 Å². The number of ether oxygens (including phenoxy) is 1. The first-order chi connectivity index (χ1) is 21.4. The molecule has 0 aliphatic rings. The van der Waals surface area contributed by atoms with E-state index in [9.17, 15) is 18.8 Å². The summed E-state index contributed by atoms with van der Waals surface area (Å²) in [6.07, 6.45) is 0.895. The maximum Gasteiger partial charge on any atom is 0.337 e. The first-order valence-electron chi connectivity index (χ1n) is 13.4. The van der Waals surface area contributed by atoms with Crippen molar-refractivity contribution in [3.8, 4) is 39.6 Å². The Morgan fingerprint density at radius 2 is 1.73 bits per heavy atom. The number of aromatic nitrogens is 2. The molecule has 0 N–H and O–H groups in total. The Bertz CT molecular complexity index is 2070. The number of halogens is 3. The molecular formula is C35H22ClF2N3O2S. The fraction of sp³-hybridized carbons (Fsp3) is 0.0571. The van der Waals surface area contributed by atoms with Crippen molar-refractivity contribution in [1.82, 2.24) is 8.96 Å². The van der Waals surface area contributed by atoms with E-state index < -0.39 is 12.4 Å². The molecule has 5 nitrogen and oxygen atoms in total. The van der Waals surface area contributed by atoms with E-state index in [2.05, 4.69) is 11.1 Å². The predicted octanol–water partition coefficient (Wildman–Crippen LogP) is 9.84. The molecule has 0 atom stereocenters. The number of esters is 1. The Labute approximate surface area is 261 Å². The molecule has 44 heavy (non-hydrogen) atoms. The second-order valence-electron chi connectivity index (χ2n) is 9.80. The Hall–Kier alpha value is -4.97. The molecule has 0 saturated carbocycles. The third-order valence-electron chi connectivity index (χ3n) is 7.21. The third kappa shape index (κ3) is 5.44. The van der Waals surface area contributed by atoms with Gasteiger partial charge in [0.25, 0.3) is 6.43 Å². The molecule has 9 heteroatoms. The van der Waals surface area contributed by atoms with Crippen molar-refractivity contribution in [2.45, 2.75) is 11.3 Å². The largest absolute Gasteiger partial charge is 0.465 e. The van der Waals surface area contributed by atoms with Gasteiger partial charge in [-0.2, -0.15) is 5.26 Å². The molecule has 0 aliphatic heterocycles. The Morgan fingerprint density at radius 3 is 2.45 bits per heavy atom. The minimum atomic E-state index is -2.56. The standard InChI is InChI=1S/C35H22ClF2N3O2S/c1-43-35(42)24-11-14-27(30(36)18-24)22-6-4-7-23(17-22)33-32(28-8-3-2-5-25(28)19-39)29-15-16-40-20-31(29)41(33)44-26-12-9-21(10-13-26)34(37)38/h2-18,20,34H,1H3. The highest BCUT2D eigenvalue weighted by Crippen LogP contribution is 2.46. The van der Waals surface area contributed by atoms with Gasteiger partial charge in [-0.1, -0.05) is 66.2 Å². The van der Waals surface area contributed by atoms with E-state index in [0.717, 1.165) is 49.3 Å². The summed E-state index contributed by atoms with van der Waals surface area (Å²) >= 11 is 8.02. The molecule has 0 saturated heterocycles. The number of carbonyl (C=O) groups is 1. The number of nitrogens with zero attached hydrogens (tertiary/aromatic N) is 3. The van der Waals surface area contributed by atoms with Crippen LogP contribution in [0.5, 0.6) is 0 Å². The average Bonchev–Trinajstić information content (AvgIpc) is 3.38. The predicted molar refractivity (Wildman–Crippen MR) is 170 cm³/mol. The summed E-state index contributed by atoms with van der Waals surface area (Å²) < 4.78 is 33.4. The summed E-state index contributed by atoms with van der Waals surface area (Å²) in [5.41, 5.74) is 6.32. The molecule has 4 aromatic carbocycles. The lowest BCUT2D eigenvalue weighted by molar-refractivity contribution is 0.0600. The summed E-state index contributed by atoms with van der Waals surface area (Å²) in [5, 5.41) is 11.3. The molecule has 0 fully saturated rings. The minimum Gasteiger partial charge on any atom is -0.465 e. The van der Waals surface area contributed by atoms with Gasteiger partial charge < -0.3 is 4.74 Å². The Balaban J connectivity index is 1.60. The molecule has 0 unspecified atom stereocenters. The number of benzene rings is 4. The van der Waals surface area contributed by atoms with E-state index in [4.69, 9.17) is 16.3 Å². The van der Waals surface area contributed by atoms with Gasteiger partial charge in [0.05, 0.1) is 41.7 Å². The summed E-state index contributed by atoms with van der Waals surface area (Å²) in [6.45, 7) is 0. The molecule has 6 aromatic rings. The molecule has 2 aromatic heterocycles. The van der Waals surface area contributed by atoms with Gasteiger partial charge >= 0.3 is 5.97 Å². The second kappa shape index (κ2) is 12.3. The number of hydrogen-bond acceptors (Lipinski definition) is 5. The maximum absolute atomic E-state index is 13.3. The molecule has 2 heterocycles. The van der Waals surface area contributed by atoms with Crippen molar-refractivity contribution < 1.29 is 18.3 Å². The SMILES string of the molecule is COC(=O)c1ccc(-c2cccc(-c3c(-c4ccccc4C#N)c4ccncc4n3Sc3ccc(C(F)F)cc3)c2)c(Cl)c1. The molecule has 0 spiro atoms. The lowest BCUT2D eigenvalue weighted by atomic mass is 9.94. The van der Waals surface area contributed by atoms with Crippen LogP contribution in [0.1, 0.15) is 27.9 Å². The number of pyridine rings is 1. The molecule has 0 aliphatic carbocycles. The first kappa shape index (κ1) is 29.1. The zero-order chi connectivity index (χ0) is 30.8. The Kier molecular flexibility index (Phi) is 8.16. The van der Waals surface area contributed by atoms with Crippen LogP contribution in [-0.4, -0.2) is 22.0 Å². The fourth-order valence-corrected chi connectivity index (χ4v) is 6.43. The normalized spacial score (nSPS) is 11.1. The summed E-state index contributed by atoms with van der Waals surface area (Å²) in [7, 11) is 1.31. The fourth-order valence-electron chi connectivity index (χ4n) is 5.14. The number of rotatable bonds is 7. The van der Waals surface area contributed by atoms with Crippen LogP contribution in [-0.2, 0) is 4.74 Å². The van der Waals surface area contributed by atoms with Gasteiger partial charge in [-0.15, -0.1) is 0 Å². The van der Waals surface area contributed by atoms with Gasteiger partial charge in [-0.05, 0) is 60.0 Å². The van der Waals surface area contributed by atoms with Crippen molar-refractivity contribution in [3.63, 3.8) is 0 Å². The smallest absolute Gasteiger partial charge is 0.337 e. The zero-order valence-corrected chi connectivity index (χ0v) is 24.7. The van der Waals surface area contributed by atoms with E-state index >= 15 is 0 Å². The lowest BCUT2D eigenvalue weighted by Gasteiger charge is -2.15. The van der Waals surface area contributed by atoms with E-state index in [-0.39, 0.29) is 5.56 Å². The molecule has 216 valence electrons. The van der Waals surface area contributed by atoms with Gasteiger partial charge in [0.15, 0.2) is 0 Å². The number of fused-ring (bicyclic) bond motifs is 1. The van der Waals surface area contributed by atoms with E-state index in [1.54, 1.807) is 48.8 Å². The Morgan fingerprint density at radius 1 is 0.955 bits per heavy atom. The summed E-state index contributed by atoms with van der Waals surface area (Å²) in [4.78, 5) is 17.2. The molecular weight excluding hydrogens is 600 g/mol. The first-order valence-corrected chi connectivity index (χ1v) is 14.6. The van der Waals surface area contributed by atoms with Gasteiger partial charge in [0, 0.05) is 49.3 Å². The van der Waals surface area contributed by atoms with Crippen molar-refractivity contribution in [3.05, 3.63) is 131 Å². The minimum absolute atomic E-state index is 0.0555. The zero-order valence-electron chi connectivity index (χ0n) is 23.2. The van der Waals surface area contributed by atoms with Crippen LogP contribution in [0.15, 0.2) is 114 Å². The quantitative estimate of drug-likeness (QED) is 0.166. The second-order valence-corrected chi connectivity index (χ2v) is 11.2. The van der Waals surface area contributed by atoms with E-state index in [1.165, 1.54) is 31.2 Å². The topological polar surface area (TPSA) is 67.9 Å². The van der Waals surface area contributed by atoms with Crippen LogP contribution < -0.4 is 0 Å². The van der Waals surface area contributed by atoms with Gasteiger partial charge in [-0.3, -0.25) is 8.96 Å². The number of nitriles is 1. The van der Waals surface area contributed by atoms with Gasteiger partial charge in [0.1, 0.15) is 0 Å². The summed E-state index contributed by atoms with van der Waals surface area (Å²) in [6, 6.07) is 30.6. The van der Waals surface area contributed by atoms with Crippen LogP contribution in [0.3, 0.4) is 0 Å². The summed E-state index contributed by atoms with van der Waals surface area (Å²) in [5.74, 6) is -0.482. The average molecular weight is 622 g/mol. The van der Waals surface area contributed by atoms with Crippen molar-refractivity contribution in [2.24, 2.45) is 0 Å². The number of methoxy groups -OCH3 is 1. The molecule has 0 radical (unpaired) electrons. The highest BCUT2D eigenvalue weighted by molar-refractivity contribution is 7.98. The molecule has 6 rings (SSSR count). The van der Waals surface area contributed by atoms with E-state index in [0.29, 0.717) is 16.1 Å². The van der Waals surface area contributed by atoms with Crippen LogP contribution >= 0.6 is 23.5 Å². The van der Waals surface area contributed by atoms with E-state index in [1.807, 2.05) is 52.5 Å². The van der Waals surface area contributed by atoms with Crippen molar-refractivity contribution in [1.29, 1.82) is 5.26 Å². The lowest BCUT2D eigenvalue weighted by Crippen LogP contribution is -2.00. The van der Waals surface area contributed by atoms with Crippen LogP contribution in [0, 0.1) is 11.3 Å². The van der Waals surface area contributed by atoms with Crippen LogP contribution in [0.2, 0.25) is 5.02 Å². The number of carbonyl (C=O) groups excluding carboxylic acids is 1.